The summed E-state index contributed by atoms with van der Waals surface area (Å²) in [5.74, 6) is 0.0335. The summed E-state index contributed by atoms with van der Waals surface area (Å²) in [5, 5.41) is 12.4. The first-order valence-corrected chi connectivity index (χ1v) is 7.20. The fourth-order valence-corrected chi connectivity index (χ4v) is 2.29. The highest BCUT2D eigenvalue weighted by Gasteiger charge is 2.10. The van der Waals surface area contributed by atoms with E-state index >= 15 is 0 Å². The van der Waals surface area contributed by atoms with Gasteiger partial charge in [-0.05, 0) is 26.0 Å². The van der Waals surface area contributed by atoms with Crippen LogP contribution in [-0.4, -0.2) is 25.0 Å². The minimum atomic E-state index is -0.500. The van der Waals surface area contributed by atoms with Crippen LogP contribution >= 0.6 is 11.6 Å². The van der Waals surface area contributed by atoms with E-state index in [1.807, 2.05) is 13.8 Å². The molecule has 1 aromatic carbocycles. The normalized spacial score (nSPS) is 11.1. The zero-order chi connectivity index (χ0) is 15.7. The monoisotopic (exact) mass is 320 g/mol. The minimum Gasteiger partial charge on any atom is -0.364 e. The second kappa shape index (κ2) is 5.84. The highest BCUT2D eigenvalue weighted by Crippen LogP contribution is 2.25. The van der Waals surface area contributed by atoms with Gasteiger partial charge in [0, 0.05) is 5.39 Å². The zero-order valence-corrected chi connectivity index (χ0v) is 12.9. The maximum absolute atomic E-state index is 13.7. The molecule has 3 aromatic rings. The van der Waals surface area contributed by atoms with E-state index in [9.17, 15) is 4.39 Å². The first-order chi connectivity index (χ1) is 10.6. The van der Waals surface area contributed by atoms with Crippen LogP contribution in [0.2, 0.25) is 5.02 Å². The maximum Gasteiger partial charge on any atom is 0.142 e. The van der Waals surface area contributed by atoms with Crippen LogP contribution in [0.3, 0.4) is 0 Å². The van der Waals surface area contributed by atoms with E-state index in [-0.39, 0.29) is 5.02 Å². The lowest BCUT2D eigenvalue weighted by Gasteiger charge is -2.07. The van der Waals surface area contributed by atoms with Crippen LogP contribution < -0.4 is 5.32 Å². The van der Waals surface area contributed by atoms with Gasteiger partial charge in [-0.25, -0.2) is 14.4 Å². The van der Waals surface area contributed by atoms with E-state index in [1.54, 1.807) is 4.80 Å². The van der Waals surface area contributed by atoms with Crippen LogP contribution in [0, 0.1) is 12.7 Å². The molecule has 0 radical (unpaired) electrons. The maximum atomic E-state index is 13.7. The largest absolute Gasteiger partial charge is 0.364 e. The van der Waals surface area contributed by atoms with Gasteiger partial charge in [0.25, 0.3) is 0 Å². The molecule has 0 amide bonds. The lowest BCUT2D eigenvalue weighted by atomic mass is 10.2. The molecule has 22 heavy (non-hydrogen) atoms. The van der Waals surface area contributed by atoms with Gasteiger partial charge in [-0.1, -0.05) is 11.6 Å². The Hall–Kier alpha value is -2.28. The Morgan fingerprint density at radius 3 is 2.82 bits per heavy atom. The van der Waals surface area contributed by atoms with Gasteiger partial charge in [-0.15, -0.1) is 0 Å². The van der Waals surface area contributed by atoms with E-state index < -0.39 is 5.82 Å². The van der Waals surface area contributed by atoms with Crippen LogP contribution in [0.4, 0.5) is 10.2 Å². The number of hydrogen-bond donors (Lipinski definition) is 1. The quantitative estimate of drug-likeness (QED) is 0.800. The fourth-order valence-electron chi connectivity index (χ4n) is 2.13. The second-order valence-corrected chi connectivity index (χ2v) is 5.19. The van der Waals surface area contributed by atoms with Crippen molar-refractivity contribution in [3.8, 4) is 0 Å². The Kier molecular flexibility index (Phi) is 3.89. The van der Waals surface area contributed by atoms with Gasteiger partial charge >= 0.3 is 0 Å². The van der Waals surface area contributed by atoms with E-state index in [0.29, 0.717) is 29.8 Å². The standard InChI is InChI=1S/C14H14ClFN6/c1-3-22-20-8(2)13(21-22)6-17-14-9-4-11(16)10(15)5-12(9)18-7-19-14/h4-5,7H,3,6H2,1-2H3,(H,17,18,19). The topological polar surface area (TPSA) is 68.5 Å². The van der Waals surface area contributed by atoms with Crippen molar-refractivity contribution < 1.29 is 4.39 Å². The third-order valence-corrected chi connectivity index (χ3v) is 3.59. The van der Waals surface area contributed by atoms with Crippen molar-refractivity contribution in [2.24, 2.45) is 0 Å². The molecule has 0 bridgehead atoms. The predicted molar refractivity (Wildman–Crippen MR) is 82.3 cm³/mol. The van der Waals surface area contributed by atoms with Gasteiger partial charge in [0.1, 0.15) is 23.7 Å². The van der Waals surface area contributed by atoms with Gasteiger partial charge in [-0.3, -0.25) is 0 Å². The molecule has 0 saturated heterocycles. The molecule has 0 aliphatic carbocycles. The Labute approximate surface area is 131 Å². The molecule has 6 nitrogen and oxygen atoms in total. The van der Waals surface area contributed by atoms with Crippen LogP contribution in [-0.2, 0) is 13.1 Å². The van der Waals surface area contributed by atoms with Crippen LogP contribution in [0.15, 0.2) is 18.5 Å². The smallest absolute Gasteiger partial charge is 0.142 e. The van der Waals surface area contributed by atoms with Crippen LogP contribution in [0.1, 0.15) is 18.3 Å². The molecule has 2 heterocycles. The molecule has 0 atom stereocenters. The molecule has 0 aliphatic rings. The molecule has 0 saturated carbocycles. The van der Waals surface area contributed by atoms with Gasteiger partial charge in [0.15, 0.2) is 0 Å². The highest BCUT2D eigenvalue weighted by molar-refractivity contribution is 6.31. The van der Waals surface area contributed by atoms with Gasteiger partial charge in [-0.2, -0.15) is 15.0 Å². The number of benzene rings is 1. The molecular weight excluding hydrogens is 307 g/mol. The number of anilines is 1. The number of hydrogen-bond acceptors (Lipinski definition) is 5. The summed E-state index contributed by atoms with van der Waals surface area (Å²) in [7, 11) is 0. The van der Waals surface area contributed by atoms with Gasteiger partial charge in [0.05, 0.1) is 29.3 Å². The summed E-state index contributed by atoms with van der Waals surface area (Å²) in [6, 6.07) is 2.81. The fraction of sp³-hybridized carbons (Fsp3) is 0.286. The summed E-state index contributed by atoms with van der Waals surface area (Å²) in [4.78, 5) is 9.89. The number of rotatable bonds is 4. The average molecular weight is 321 g/mol. The van der Waals surface area contributed by atoms with Crippen LogP contribution in [0.5, 0.6) is 0 Å². The number of nitrogens with one attached hydrogen (secondary N) is 1. The molecule has 1 N–H and O–H groups in total. The van der Waals surface area contributed by atoms with E-state index in [1.165, 1.54) is 18.5 Å². The molecule has 0 fully saturated rings. The summed E-state index contributed by atoms with van der Waals surface area (Å²) in [6.45, 7) is 5.03. The van der Waals surface area contributed by atoms with Crippen molar-refractivity contribution in [2.75, 3.05) is 5.32 Å². The highest BCUT2D eigenvalue weighted by atomic mass is 35.5. The van der Waals surface area contributed by atoms with Gasteiger partial charge in [0.2, 0.25) is 0 Å². The van der Waals surface area contributed by atoms with Gasteiger partial charge < -0.3 is 5.32 Å². The molecule has 8 heteroatoms. The first-order valence-electron chi connectivity index (χ1n) is 6.82. The Morgan fingerprint density at radius 1 is 1.27 bits per heavy atom. The molecule has 114 valence electrons. The summed E-state index contributed by atoms with van der Waals surface area (Å²) < 4.78 is 13.7. The molecule has 2 aromatic heterocycles. The first kappa shape index (κ1) is 14.6. The second-order valence-electron chi connectivity index (χ2n) is 4.78. The molecular formula is C14H14ClFN6. The zero-order valence-electron chi connectivity index (χ0n) is 12.1. The van der Waals surface area contributed by atoms with Crippen molar-refractivity contribution in [3.05, 3.63) is 40.7 Å². The lowest BCUT2D eigenvalue weighted by molar-refractivity contribution is 0.562. The minimum absolute atomic E-state index is 0.0406. The van der Waals surface area contributed by atoms with E-state index in [2.05, 4.69) is 25.5 Å². The number of halogens is 2. The third kappa shape index (κ3) is 2.71. The van der Waals surface area contributed by atoms with Crippen molar-refractivity contribution in [2.45, 2.75) is 26.9 Å². The lowest BCUT2D eigenvalue weighted by Crippen LogP contribution is -2.05. The number of fused-ring (bicyclic) bond motifs is 1. The molecule has 0 unspecified atom stereocenters. The Balaban J connectivity index is 1.90. The van der Waals surface area contributed by atoms with Crippen molar-refractivity contribution >= 4 is 28.3 Å². The summed E-state index contributed by atoms with van der Waals surface area (Å²) in [6.07, 6.45) is 1.41. The Bertz CT molecular complexity index is 832. The SMILES string of the molecule is CCn1nc(C)c(CNc2ncnc3cc(Cl)c(F)cc23)n1. The number of aryl methyl sites for hydroxylation is 2. The Morgan fingerprint density at radius 2 is 2.09 bits per heavy atom. The molecule has 0 aliphatic heterocycles. The number of nitrogens with zero attached hydrogens (tertiary/aromatic N) is 5. The molecule has 3 rings (SSSR count). The van der Waals surface area contributed by atoms with Crippen molar-refractivity contribution in [1.29, 1.82) is 0 Å². The van der Waals surface area contributed by atoms with E-state index in [0.717, 1.165) is 11.4 Å². The summed E-state index contributed by atoms with van der Waals surface area (Å²) >= 11 is 5.78. The third-order valence-electron chi connectivity index (χ3n) is 3.30. The molecule has 0 spiro atoms. The number of aromatic nitrogens is 5. The average Bonchev–Trinajstić information content (AvgIpc) is 2.87. The van der Waals surface area contributed by atoms with Crippen molar-refractivity contribution in [1.82, 2.24) is 25.0 Å². The van der Waals surface area contributed by atoms with E-state index in [4.69, 9.17) is 11.6 Å². The van der Waals surface area contributed by atoms with Crippen molar-refractivity contribution in [3.63, 3.8) is 0 Å². The van der Waals surface area contributed by atoms with Crippen LogP contribution in [0.25, 0.3) is 10.9 Å². The summed E-state index contributed by atoms with van der Waals surface area (Å²) in [5.41, 5.74) is 2.25. The predicted octanol–water partition coefficient (Wildman–Crippen LogP) is 2.95.